The van der Waals surface area contributed by atoms with Crippen molar-refractivity contribution in [3.05, 3.63) is 46.3 Å². The molecule has 0 N–H and O–H groups in total. The van der Waals surface area contributed by atoms with Gasteiger partial charge in [0.05, 0.1) is 0 Å². The van der Waals surface area contributed by atoms with Crippen molar-refractivity contribution in [1.29, 1.82) is 0 Å². The van der Waals surface area contributed by atoms with Gasteiger partial charge in [-0.2, -0.15) is 13.8 Å². The van der Waals surface area contributed by atoms with Gasteiger partial charge in [0.25, 0.3) is 5.56 Å². The topological polar surface area (TPSA) is 83.7 Å². The predicted molar refractivity (Wildman–Crippen MR) is 82.2 cm³/mol. The summed E-state index contributed by atoms with van der Waals surface area (Å²) in [6.07, 6.45) is 2.64. The fraction of sp³-hybridized carbons (Fsp3) is 0.231. The van der Waals surface area contributed by atoms with E-state index >= 15 is 0 Å². The van der Waals surface area contributed by atoms with Gasteiger partial charge < -0.3 is 4.55 Å². The maximum atomic E-state index is 14.7. The van der Waals surface area contributed by atoms with Crippen molar-refractivity contribution in [3.63, 3.8) is 0 Å². The number of thiazole rings is 1. The van der Waals surface area contributed by atoms with E-state index in [-0.39, 0.29) is 14.7 Å². The normalized spacial score (nSPS) is 13.4. The summed E-state index contributed by atoms with van der Waals surface area (Å²) in [4.78, 5) is 23.8. The SMILES string of the molecule is Cn1c(C(F)(F)c2ccccn2)nc2sc([S+](C)[O-])nc2c1=O. The molecule has 0 aliphatic carbocycles. The smallest absolute Gasteiger partial charge is 0.346 e. The highest BCUT2D eigenvalue weighted by Gasteiger charge is 2.40. The van der Waals surface area contributed by atoms with E-state index in [1.54, 1.807) is 0 Å². The summed E-state index contributed by atoms with van der Waals surface area (Å²) < 4.78 is 41.7. The number of pyridine rings is 1. The fourth-order valence-electron chi connectivity index (χ4n) is 2.00. The van der Waals surface area contributed by atoms with Crippen LogP contribution in [0.5, 0.6) is 0 Å². The van der Waals surface area contributed by atoms with Gasteiger partial charge in [-0.15, -0.1) is 0 Å². The second kappa shape index (κ2) is 5.62. The third kappa shape index (κ3) is 2.62. The lowest BCUT2D eigenvalue weighted by molar-refractivity contribution is 0.0242. The van der Waals surface area contributed by atoms with Gasteiger partial charge in [-0.25, -0.2) is 4.98 Å². The monoisotopic (exact) mass is 356 g/mol. The Morgan fingerprint density at radius 3 is 2.70 bits per heavy atom. The number of hydrogen-bond acceptors (Lipinski definition) is 6. The van der Waals surface area contributed by atoms with Crippen molar-refractivity contribution in [2.45, 2.75) is 10.3 Å². The summed E-state index contributed by atoms with van der Waals surface area (Å²) in [5.41, 5.74) is -1.29. The van der Waals surface area contributed by atoms with E-state index in [1.165, 1.54) is 31.6 Å². The molecule has 3 aromatic rings. The average molecular weight is 356 g/mol. The van der Waals surface area contributed by atoms with E-state index < -0.39 is 34.2 Å². The van der Waals surface area contributed by atoms with Crippen LogP contribution >= 0.6 is 11.3 Å². The van der Waals surface area contributed by atoms with Crippen LogP contribution in [0.25, 0.3) is 10.3 Å². The Bertz CT molecular complexity index is 925. The zero-order chi connectivity index (χ0) is 16.8. The summed E-state index contributed by atoms with van der Waals surface area (Å²) >= 11 is -0.557. The molecule has 0 aliphatic heterocycles. The molecule has 23 heavy (non-hydrogen) atoms. The van der Waals surface area contributed by atoms with Gasteiger partial charge in [0.15, 0.2) is 16.2 Å². The Hall–Kier alpha value is -1.91. The number of nitrogens with zero attached hydrogens (tertiary/aromatic N) is 4. The molecule has 0 saturated heterocycles. The van der Waals surface area contributed by atoms with Crippen molar-refractivity contribution >= 4 is 32.9 Å². The predicted octanol–water partition coefficient (Wildman–Crippen LogP) is 1.66. The number of rotatable bonds is 3. The van der Waals surface area contributed by atoms with E-state index in [0.29, 0.717) is 0 Å². The van der Waals surface area contributed by atoms with Crippen LogP contribution in [0, 0.1) is 0 Å². The lowest BCUT2D eigenvalue weighted by Gasteiger charge is -2.17. The second-order valence-electron chi connectivity index (χ2n) is 4.68. The quantitative estimate of drug-likeness (QED) is 0.667. The zero-order valence-electron chi connectivity index (χ0n) is 12.0. The number of alkyl halides is 2. The van der Waals surface area contributed by atoms with Gasteiger partial charge in [0.2, 0.25) is 0 Å². The van der Waals surface area contributed by atoms with Gasteiger partial charge in [0, 0.05) is 24.4 Å². The number of fused-ring (bicyclic) bond motifs is 1. The Labute approximate surface area is 136 Å². The van der Waals surface area contributed by atoms with E-state index in [4.69, 9.17) is 0 Å². The van der Waals surface area contributed by atoms with Crippen molar-refractivity contribution in [3.8, 4) is 0 Å². The summed E-state index contributed by atoms with van der Waals surface area (Å²) in [5, 5.41) is 0. The van der Waals surface area contributed by atoms with Crippen LogP contribution in [-0.4, -0.2) is 30.3 Å². The molecular formula is C13H10F2N4O2S2. The molecule has 1 atom stereocenters. The summed E-state index contributed by atoms with van der Waals surface area (Å²) in [6, 6.07) is 4.11. The molecule has 0 aliphatic rings. The van der Waals surface area contributed by atoms with Crippen LogP contribution in [-0.2, 0) is 24.1 Å². The highest BCUT2D eigenvalue weighted by atomic mass is 32.2. The van der Waals surface area contributed by atoms with Crippen LogP contribution < -0.4 is 5.56 Å². The number of aromatic nitrogens is 4. The molecule has 0 bridgehead atoms. The zero-order valence-corrected chi connectivity index (χ0v) is 13.6. The maximum absolute atomic E-state index is 14.7. The largest absolute Gasteiger partial charge is 0.610 e. The first kappa shape index (κ1) is 16.0. The minimum Gasteiger partial charge on any atom is -0.610 e. The van der Waals surface area contributed by atoms with Crippen LogP contribution in [0.3, 0.4) is 0 Å². The van der Waals surface area contributed by atoms with Crippen molar-refractivity contribution < 1.29 is 13.3 Å². The number of halogens is 2. The molecule has 6 nitrogen and oxygen atoms in total. The average Bonchev–Trinajstić information content (AvgIpc) is 2.96. The lowest BCUT2D eigenvalue weighted by atomic mass is 10.2. The first-order valence-electron chi connectivity index (χ1n) is 6.33. The Morgan fingerprint density at radius 1 is 1.35 bits per heavy atom. The van der Waals surface area contributed by atoms with Crippen molar-refractivity contribution in [1.82, 2.24) is 19.5 Å². The molecule has 0 fully saturated rings. The molecule has 120 valence electrons. The Morgan fingerprint density at radius 2 is 2.09 bits per heavy atom. The molecular weight excluding hydrogens is 346 g/mol. The molecule has 0 saturated carbocycles. The van der Waals surface area contributed by atoms with Gasteiger partial charge in [-0.3, -0.25) is 14.3 Å². The summed E-state index contributed by atoms with van der Waals surface area (Å²) in [6.45, 7) is 0. The number of hydrogen-bond donors (Lipinski definition) is 0. The molecule has 0 amide bonds. The van der Waals surface area contributed by atoms with Gasteiger partial charge >= 0.3 is 10.3 Å². The Balaban J connectivity index is 2.26. The first-order valence-corrected chi connectivity index (χ1v) is 8.70. The fourth-order valence-corrected chi connectivity index (χ4v) is 3.59. The molecule has 0 aromatic carbocycles. The molecule has 0 radical (unpaired) electrons. The molecule has 0 spiro atoms. The third-order valence-corrected chi connectivity index (χ3v) is 5.42. The van der Waals surface area contributed by atoms with Crippen LogP contribution in [0.4, 0.5) is 8.78 Å². The minimum atomic E-state index is -3.54. The minimum absolute atomic E-state index is 0.0314. The lowest BCUT2D eigenvalue weighted by Crippen LogP contribution is -2.31. The third-order valence-electron chi connectivity index (χ3n) is 3.14. The summed E-state index contributed by atoms with van der Waals surface area (Å²) in [5.74, 6) is -4.27. The van der Waals surface area contributed by atoms with E-state index in [2.05, 4.69) is 15.0 Å². The van der Waals surface area contributed by atoms with Gasteiger partial charge in [0.1, 0.15) is 11.9 Å². The van der Waals surface area contributed by atoms with Crippen molar-refractivity contribution in [2.75, 3.05) is 6.26 Å². The highest BCUT2D eigenvalue weighted by molar-refractivity contribution is 7.92. The molecule has 3 aromatic heterocycles. The second-order valence-corrected chi connectivity index (χ2v) is 7.21. The highest BCUT2D eigenvalue weighted by Crippen LogP contribution is 2.33. The molecule has 10 heteroatoms. The van der Waals surface area contributed by atoms with Gasteiger partial charge in [-0.05, 0) is 23.5 Å². The first-order chi connectivity index (χ1) is 10.8. The molecule has 3 rings (SSSR count). The van der Waals surface area contributed by atoms with Crippen LogP contribution in [0.1, 0.15) is 11.5 Å². The van der Waals surface area contributed by atoms with Gasteiger partial charge in [-0.1, -0.05) is 6.07 Å². The maximum Gasteiger partial charge on any atom is 0.346 e. The van der Waals surface area contributed by atoms with E-state index in [9.17, 15) is 18.1 Å². The van der Waals surface area contributed by atoms with Crippen LogP contribution in [0.15, 0.2) is 33.5 Å². The van der Waals surface area contributed by atoms with Crippen molar-refractivity contribution in [2.24, 2.45) is 7.05 Å². The van der Waals surface area contributed by atoms with E-state index in [1.807, 2.05) is 0 Å². The molecule has 3 heterocycles. The Kier molecular flexibility index (Phi) is 3.90. The van der Waals surface area contributed by atoms with E-state index in [0.717, 1.165) is 22.0 Å². The summed E-state index contributed by atoms with van der Waals surface area (Å²) in [7, 11) is 1.20. The standard InChI is InChI=1S/C13H10F2N4O2S2/c1-19-10(20)8-9(22-12(17-8)23(2)21)18-11(19)13(14,15)7-5-3-4-6-16-7/h3-6H,1-2H3. The molecule has 1 unspecified atom stereocenters. The van der Waals surface area contributed by atoms with Crippen LogP contribution in [0.2, 0.25) is 0 Å².